The number of hydrogen-bond donors (Lipinski definition) is 0. The van der Waals surface area contributed by atoms with Crippen LogP contribution in [0.2, 0.25) is 0 Å². The molecule has 2 aromatic carbocycles. The minimum absolute atomic E-state index is 0.598. The summed E-state index contributed by atoms with van der Waals surface area (Å²) in [5.41, 5.74) is -0.598. The number of benzene rings is 2. The molecule has 0 amide bonds. The van der Waals surface area contributed by atoms with E-state index in [1.54, 1.807) is 12.1 Å². The Balaban J connectivity index is 2.70. The van der Waals surface area contributed by atoms with Gasteiger partial charge in [0.1, 0.15) is 0 Å². The molecule has 0 saturated heterocycles. The second-order valence-electron chi connectivity index (χ2n) is 3.17. The molecule has 0 unspecified atom stereocenters. The molecule has 0 nitrogen and oxygen atoms in total. The van der Waals surface area contributed by atoms with Crippen LogP contribution in [0.15, 0.2) is 36.4 Å². The maximum Gasteiger partial charge on any atom is 0.416 e. The van der Waals surface area contributed by atoms with Crippen molar-refractivity contribution in [2.75, 3.05) is 0 Å². The van der Waals surface area contributed by atoms with Gasteiger partial charge in [-0.2, -0.15) is 13.2 Å². The molecule has 4 heteroatoms. The summed E-state index contributed by atoms with van der Waals surface area (Å²) in [6.45, 7) is 0. The van der Waals surface area contributed by atoms with Gasteiger partial charge < -0.3 is 0 Å². The number of alkyl halides is 3. The van der Waals surface area contributed by atoms with Crippen molar-refractivity contribution in [3.8, 4) is 0 Å². The first-order valence-corrected chi connectivity index (χ1v) is 5.32. The third kappa shape index (κ3) is 2.09. The average Bonchev–Trinajstić information content (AvgIpc) is 2.16. The second kappa shape index (κ2) is 3.66. The van der Waals surface area contributed by atoms with Crippen LogP contribution < -0.4 is 0 Å². The van der Waals surface area contributed by atoms with Crippen molar-refractivity contribution < 1.29 is 13.2 Å². The molecular formula is C11H6F3I. The Morgan fingerprint density at radius 3 is 2.40 bits per heavy atom. The molecule has 2 rings (SSSR count). The van der Waals surface area contributed by atoms with E-state index in [1.165, 1.54) is 12.1 Å². The summed E-state index contributed by atoms with van der Waals surface area (Å²) in [6, 6.07) is 9.23. The molecule has 2 aromatic rings. The van der Waals surface area contributed by atoms with E-state index in [-0.39, 0.29) is 0 Å². The van der Waals surface area contributed by atoms with E-state index in [0.29, 0.717) is 5.39 Å². The van der Waals surface area contributed by atoms with E-state index in [2.05, 4.69) is 0 Å². The van der Waals surface area contributed by atoms with Gasteiger partial charge in [0.25, 0.3) is 0 Å². The molecule has 0 heterocycles. The van der Waals surface area contributed by atoms with E-state index in [1.807, 2.05) is 28.7 Å². The Morgan fingerprint density at radius 2 is 1.73 bits per heavy atom. The van der Waals surface area contributed by atoms with Gasteiger partial charge in [-0.1, -0.05) is 18.2 Å². The summed E-state index contributed by atoms with van der Waals surface area (Å²) in [5, 5.41) is 1.47. The molecule has 0 spiro atoms. The summed E-state index contributed by atoms with van der Waals surface area (Å²) >= 11 is 2.04. The molecule has 78 valence electrons. The van der Waals surface area contributed by atoms with Gasteiger partial charge in [-0.25, -0.2) is 0 Å². The van der Waals surface area contributed by atoms with Crippen LogP contribution in [0.3, 0.4) is 0 Å². The third-order valence-electron chi connectivity index (χ3n) is 2.16. The zero-order valence-electron chi connectivity index (χ0n) is 7.48. The van der Waals surface area contributed by atoms with Crippen molar-refractivity contribution in [1.29, 1.82) is 0 Å². The van der Waals surface area contributed by atoms with E-state index < -0.39 is 11.7 Å². The van der Waals surface area contributed by atoms with Crippen LogP contribution in [0.25, 0.3) is 10.8 Å². The molecule has 0 bridgehead atoms. The molecular weight excluding hydrogens is 316 g/mol. The lowest BCUT2D eigenvalue weighted by Gasteiger charge is -2.08. The zero-order chi connectivity index (χ0) is 11.1. The Bertz CT molecular complexity index is 503. The van der Waals surface area contributed by atoms with Crippen LogP contribution in [0.5, 0.6) is 0 Å². The van der Waals surface area contributed by atoms with Crippen LogP contribution in [-0.4, -0.2) is 0 Å². The summed E-state index contributed by atoms with van der Waals surface area (Å²) in [7, 11) is 0. The van der Waals surface area contributed by atoms with Gasteiger partial charge in [-0.05, 0) is 51.6 Å². The predicted molar refractivity (Wildman–Crippen MR) is 61.7 cm³/mol. The Labute approximate surface area is 98.2 Å². The molecule has 15 heavy (non-hydrogen) atoms. The Hall–Kier alpha value is -0.780. The molecule has 0 radical (unpaired) electrons. The lowest BCUT2D eigenvalue weighted by atomic mass is 10.1. The highest BCUT2D eigenvalue weighted by Gasteiger charge is 2.30. The highest BCUT2D eigenvalue weighted by Crippen LogP contribution is 2.32. The molecule has 0 aliphatic carbocycles. The highest BCUT2D eigenvalue weighted by atomic mass is 127. The second-order valence-corrected chi connectivity index (χ2v) is 4.34. The lowest BCUT2D eigenvalue weighted by Crippen LogP contribution is -2.04. The summed E-state index contributed by atoms with van der Waals surface area (Å²) < 4.78 is 38.2. The van der Waals surface area contributed by atoms with E-state index >= 15 is 0 Å². The van der Waals surface area contributed by atoms with Crippen molar-refractivity contribution in [2.24, 2.45) is 0 Å². The van der Waals surface area contributed by atoms with Crippen molar-refractivity contribution in [3.63, 3.8) is 0 Å². The molecule has 0 fully saturated rings. The number of rotatable bonds is 0. The largest absolute Gasteiger partial charge is 0.416 e. The fourth-order valence-electron chi connectivity index (χ4n) is 1.41. The van der Waals surface area contributed by atoms with Gasteiger partial charge in [-0.15, -0.1) is 0 Å². The number of hydrogen-bond acceptors (Lipinski definition) is 0. The molecule has 0 atom stereocenters. The summed E-state index contributed by atoms with van der Waals surface area (Å²) in [4.78, 5) is 0. The topological polar surface area (TPSA) is 0 Å². The minimum atomic E-state index is -4.27. The fourth-order valence-corrected chi connectivity index (χ4v) is 2.09. The van der Waals surface area contributed by atoms with E-state index in [9.17, 15) is 13.2 Å². The fraction of sp³-hybridized carbons (Fsp3) is 0.0909. The maximum atomic E-state index is 12.4. The first-order chi connectivity index (χ1) is 6.98. The monoisotopic (exact) mass is 322 g/mol. The third-order valence-corrected chi connectivity index (χ3v) is 3.10. The first-order valence-electron chi connectivity index (χ1n) is 4.24. The van der Waals surface area contributed by atoms with Crippen LogP contribution in [0, 0.1) is 3.57 Å². The average molecular weight is 322 g/mol. The zero-order valence-corrected chi connectivity index (χ0v) is 9.63. The highest BCUT2D eigenvalue weighted by molar-refractivity contribution is 14.1. The van der Waals surface area contributed by atoms with Crippen molar-refractivity contribution >= 4 is 33.4 Å². The quantitative estimate of drug-likeness (QED) is 0.628. The van der Waals surface area contributed by atoms with Crippen molar-refractivity contribution in [2.45, 2.75) is 6.18 Å². The lowest BCUT2D eigenvalue weighted by molar-refractivity contribution is -0.137. The van der Waals surface area contributed by atoms with E-state index in [0.717, 1.165) is 15.0 Å². The van der Waals surface area contributed by atoms with Gasteiger partial charge in [0.2, 0.25) is 0 Å². The van der Waals surface area contributed by atoms with E-state index in [4.69, 9.17) is 0 Å². The molecule has 0 aromatic heterocycles. The number of halogens is 4. The standard InChI is InChI=1S/C11H6F3I/c12-11(13,14)8-5-4-7-2-1-3-10(15)9(7)6-8/h1-6H. The van der Waals surface area contributed by atoms with Gasteiger partial charge in [0.05, 0.1) is 5.56 Å². The number of fused-ring (bicyclic) bond motifs is 1. The van der Waals surface area contributed by atoms with Crippen LogP contribution in [0.4, 0.5) is 13.2 Å². The minimum Gasteiger partial charge on any atom is -0.166 e. The maximum absolute atomic E-state index is 12.4. The molecule has 0 aliphatic heterocycles. The summed E-state index contributed by atoms with van der Waals surface area (Å²) in [5.74, 6) is 0. The molecule has 0 saturated carbocycles. The smallest absolute Gasteiger partial charge is 0.166 e. The van der Waals surface area contributed by atoms with Gasteiger partial charge in [0, 0.05) is 3.57 Å². The molecule has 0 N–H and O–H groups in total. The molecule has 0 aliphatic rings. The van der Waals surface area contributed by atoms with Crippen LogP contribution in [0.1, 0.15) is 5.56 Å². The normalized spacial score (nSPS) is 12.0. The van der Waals surface area contributed by atoms with Gasteiger partial charge in [-0.3, -0.25) is 0 Å². The van der Waals surface area contributed by atoms with Crippen molar-refractivity contribution in [1.82, 2.24) is 0 Å². The Kier molecular flexibility index (Phi) is 2.62. The summed E-state index contributed by atoms with van der Waals surface area (Å²) in [6.07, 6.45) is -4.27. The van der Waals surface area contributed by atoms with Crippen LogP contribution in [-0.2, 0) is 6.18 Å². The predicted octanol–water partition coefficient (Wildman–Crippen LogP) is 4.46. The SMILES string of the molecule is FC(F)(F)c1ccc2cccc(I)c2c1. The van der Waals surface area contributed by atoms with Gasteiger partial charge in [0.15, 0.2) is 0 Å². The van der Waals surface area contributed by atoms with Crippen molar-refractivity contribution in [3.05, 3.63) is 45.5 Å². The van der Waals surface area contributed by atoms with Gasteiger partial charge >= 0.3 is 6.18 Å². The Morgan fingerprint density at radius 1 is 1.00 bits per heavy atom. The van der Waals surface area contributed by atoms with Crippen LogP contribution >= 0.6 is 22.6 Å². The first kappa shape index (κ1) is 10.7.